The molecule has 0 saturated carbocycles. The van der Waals surface area contributed by atoms with Crippen LogP contribution in [0, 0.1) is 0 Å². The molecular weight excluding hydrogens is 514 g/mol. The van der Waals surface area contributed by atoms with Gasteiger partial charge in [-0.05, 0) is 55.8 Å². The SMILES string of the molecule is COC(=O)[C@H](Cc1ccc(OC)cc1)NC(=O)[C@H]1CN(C(=O)c2ccc(N(C)C)cc2)CCN1C(=O)NC(C)C. The minimum atomic E-state index is -1.01. The normalized spacial score (nSPS) is 15.7. The lowest BCUT2D eigenvalue weighted by atomic mass is 10.0. The monoisotopic (exact) mass is 553 g/mol. The molecule has 2 aromatic rings. The van der Waals surface area contributed by atoms with Crippen molar-refractivity contribution in [2.45, 2.75) is 38.4 Å². The Morgan fingerprint density at radius 3 is 2.15 bits per heavy atom. The fraction of sp³-hybridized carbons (Fsp3) is 0.448. The molecule has 0 aliphatic carbocycles. The van der Waals surface area contributed by atoms with E-state index in [4.69, 9.17) is 9.47 Å². The number of amides is 4. The number of anilines is 1. The third kappa shape index (κ3) is 7.64. The van der Waals surface area contributed by atoms with Crippen molar-refractivity contribution in [1.82, 2.24) is 20.4 Å². The van der Waals surface area contributed by atoms with Gasteiger partial charge in [-0.2, -0.15) is 0 Å². The molecule has 4 amide bonds. The van der Waals surface area contributed by atoms with Gasteiger partial charge < -0.3 is 34.8 Å². The molecule has 1 saturated heterocycles. The third-order valence-corrected chi connectivity index (χ3v) is 6.67. The summed E-state index contributed by atoms with van der Waals surface area (Å²) in [6.07, 6.45) is 0.175. The van der Waals surface area contributed by atoms with E-state index in [-0.39, 0.29) is 38.0 Å². The van der Waals surface area contributed by atoms with Gasteiger partial charge in [0.05, 0.1) is 20.8 Å². The number of urea groups is 1. The highest BCUT2D eigenvalue weighted by atomic mass is 16.5. The molecule has 1 heterocycles. The molecule has 2 N–H and O–H groups in total. The average molecular weight is 554 g/mol. The van der Waals surface area contributed by atoms with E-state index in [1.165, 1.54) is 12.0 Å². The molecule has 0 spiro atoms. The van der Waals surface area contributed by atoms with Gasteiger partial charge in [0.2, 0.25) is 5.91 Å². The minimum Gasteiger partial charge on any atom is -0.497 e. The quantitative estimate of drug-likeness (QED) is 0.455. The first-order valence-corrected chi connectivity index (χ1v) is 13.2. The van der Waals surface area contributed by atoms with Crippen LogP contribution >= 0.6 is 0 Å². The summed E-state index contributed by atoms with van der Waals surface area (Å²) in [6, 6.07) is 11.7. The molecule has 3 rings (SSSR count). The lowest BCUT2D eigenvalue weighted by molar-refractivity contribution is -0.145. The van der Waals surface area contributed by atoms with Crippen molar-refractivity contribution in [2.24, 2.45) is 0 Å². The van der Waals surface area contributed by atoms with Gasteiger partial charge in [0, 0.05) is 50.9 Å². The van der Waals surface area contributed by atoms with Crippen molar-refractivity contribution in [3.63, 3.8) is 0 Å². The number of rotatable bonds is 9. The minimum absolute atomic E-state index is 0.0258. The lowest BCUT2D eigenvalue weighted by Gasteiger charge is -2.41. The van der Waals surface area contributed by atoms with Gasteiger partial charge in [-0.3, -0.25) is 9.59 Å². The molecule has 2 atom stereocenters. The largest absolute Gasteiger partial charge is 0.497 e. The van der Waals surface area contributed by atoms with E-state index < -0.39 is 30.0 Å². The maximum absolute atomic E-state index is 13.6. The maximum Gasteiger partial charge on any atom is 0.328 e. The van der Waals surface area contributed by atoms with Crippen LogP contribution in [0.15, 0.2) is 48.5 Å². The Hall–Kier alpha value is -4.28. The predicted molar refractivity (Wildman–Crippen MR) is 151 cm³/mol. The summed E-state index contributed by atoms with van der Waals surface area (Å²) < 4.78 is 10.1. The fourth-order valence-corrected chi connectivity index (χ4v) is 4.45. The van der Waals surface area contributed by atoms with E-state index in [2.05, 4.69) is 10.6 Å². The number of piperazine rings is 1. The van der Waals surface area contributed by atoms with Gasteiger partial charge in [-0.15, -0.1) is 0 Å². The maximum atomic E-state index is 13.6. The zero-order chi connectivity index (χ0) is 29.4. The van der Waals surface area contributed by atoms with Crippen LogP contribution in [-0.4, -0.2) is 99.7 Å². The highest BCUT2D eigenvalue weighted by Crippen LogP contribution is 2.18. The summed E-state index contributed by atoms with van der Waals surface area (Å²) in [7, 11) is 6.64. The smallest absolute Gasteiger partial charge is 0.328 e. The first-order valence-electron chi connectivity index (χ1n) is 13.2. The predicted octanol–water partition coefficient (Wildman–Crippen LogP) is 1.91. The number of esters is 1. The number of benzene rings is 2. The Kier molecular flexibility index (Phi) is 10.4. The van der Waals surface area contributed by atoms with E-state index in [1.807, 2.05) is 45.0 Å². The van der Waals surface area contributed by atoms with Crippen molar-refractivity contribution in [2.75, 3.05) is 52.8 Å². The Bertz CT molecular complexity index is 1180. The van der Waals surface area contributed by atoms with Gasteiger partial charge in [-0.1, -0.05) is 12.1 Å². The van der Waals surface area contributed by atoms with Crippen LogP contribution in [0.2, 0.25) is 0 Å². The number of hydrogen-bond acceptors (Lipinski definition) is 7. The van der Waals surface area contributed by atoms with E-state index in [1.54, 1.807) is 48.4 Å². The topological polar surface area (TPSA) is 121 Å². The third-order valence-electron chi connectivity index (χ3n) is 6.67. The van der Waals surface area contributed by atoms with Crippen LogP contribution < -0.4 is 20.3 Å². The van der Waals surface area contributed by atoms with Crippen LogP contribution in [0.3, 0.4) is 0 Å². The first kappa shape index (κ1) is 30.3. The summed E-state index contributed by atoms with van der Waals surface area (Å²) >= 11 is 0. The molecule has 1 aliphatic heterocycles. The molecule has 0 bridgehead atoms. The molecule has 216 valence electrons. The zero-order valence-electron chi connectivity index (χ0n) is 24.0. The molecule has 1 aliphatic rings. The second-order valence-electron chi connectivity index (χ2n) is 10.1. The highest BCUT2D eigenvalue weighted by molar-refractivity contribution is 5.96. The van der Waals surface area contributed by atoms with Gasteiger partial charge in [0.25, 0.3) is 5.91 Å². The number of carbonyl (C=O) groups is 4. The van der Waals surface area contributed by atoms with Crippen molar-refractivity contribution >= 4 is 29.5 Å². The molecule has 0 aromatic heterocycles. The van der Waals surface area contributed by atoms with E-state index in [0.29, 0.717) is 11.3 Å². The second-order valence-corrected chi connectivity index (χ2v) is 10.1. The lowest BCUT2D eigenvalue weighted by Crippen LogP contribution is -2.64. The van der Waals surface area contributed by atoms with Crippen LogP contribution in [-0.2, 0) is 20.7 Å². The van der Waals surface area contributed by atoms with E-state index in [9.17, 15) is 19.2 Å². The summed E-state index contributed by atoms with van der Waals surface area (Å²) in [6.45, 7) is 4.04. The van der Waals surface area contributed by atoms with Gasteiger partial charge in [0.1, 0.15) is 17.8 Å². The van der Waals surface area contributed by atoms with Crippen molar-refractivity contribution in [3.8, 4) is 5.75 Å². The van der Waals surface area contributed by atoms with Gasteiger partial charge in [-0.25, -0.2) is 9.59 Å². The Morgan fingerprint density at radius 1 is 0.950 bits per heavy atom. The summed E-state index contributed by atoms with van der Waals surface area (Å²) in [4.78, 5) is 57.5. The van der Waals surface area contributed by atoms with Gasteiger partial charge >= 0.3 is 12.0 Å². The standard InChI is InChI=1S/C29H39N5O6/c1-19(2)30-29(38)34-16-15-33(27(36)21-9-11-22(12-10-21)32(3)4)18-25(34)26(35)31-24(28(37)40-6)17-20-7-13-23(39-5)14-8-20/h7-14,19,24-25H,15-18H2,1-6H3,(H,30,38)(H,31,35)/t24-,25+/m0/s1. The Morgan fingerprint density at radius 2 is 1.60 bits per heavy atom. The number of carbonyl (C=O) groups excluding carboxylic acids is 4. The van der Waals surface area contributed by atoms with Gasteiger partial charge in [0.15, 0.2) is 0 Å². The molecule has 0 unspecified atom stereocenters. The van der Waals surface area contributed by atoms with Crippen molar-refractivity contribution < 1.29 is 28.7 Å². The average Bonchev–Trinajstić information content (AvgIpc) is 2.95. The number of nitrogens with one attached hydrogen (secondary N) is 2. The zero-order valence-corrected chi connectivity index (χ0v) is 24.0. The van der Waals surface area contributed by atoms with Crippen molar-refractivity contribution in [3.05, 3.63) is 59.7 Å². The molecule has 11 heteroatoms. The second kappa shape index (κ2) is 13.7. The molecule has 2 aromatic carbocycles. The van der Waals surface area contributed by atoms with Crippen LogP contribution in [0.25, 0.3) is 0 Å². The van der Waals surface area contributed by atoms with Crippen molar-refractivity contribution in [1.29, 1.82) is 0 Å². The summed E-state index contributed by atoms with van der Waals surface area (Å²) in [5.74, 6) is -0.748. The molecule has 11 nitrogen and oxygen atoms in total. The molecule has 40 heavy (non-hydrogen) atoms. The summed E-state index contributed by atoms with van der Waals surface area (Å²) in [5.41, 5.74) is 2.22. The fourth-order valence-electron chi connectivity index (χ4n) is 4.45. The Balaban J connectivity index is 1.82. The Labute approximate surface area is 235 Å². The number of ether oxygens (including phenoxy) is 2. The highest BCUT2D eigenvalue weighted by Gasteiger charge is 2.39. The van der Waals surface area contributed by atoms with E-state index >= 15 is 0 Å². The number of hydrogen-bond donors (Lipinski definition) is 2. The van der Waals surface area contributed by atoms with E-state index in [0.717, 1.165) is 11.3 Å². The molecular formula is C29H39N5O6. The number of methoxy groups -OCH3 is 2. The molecule has 0 radical (unpaired) electrons. The first-order chi connectivity index (χ1) is 19.0. The summed E-state index contributed by atoms with van der Waals surface area (Å²) in [5, 5.41) is 5.59. The van der Waals surface area contributed by atoms with Crippen LogP contribution in [0.5, 0.6) is 5.75 Å². The molecule has 1 fully saturated rings. The van der Waals surface area contributed by atoms with Crippen LogP contribution in [0.4, 0.5) is 10.5 Å². The van der Waals surface area contributed by atoms with Crippen LogP contribution in [0.1, 0.15) is 29.8 Å². The number of nitrogens with zero attached hydrogens (tertiary/aromatic N) is 3.